The van der Waals surface area contributed by atoms with E-state index in [0.717, 1.165) is 17.5 Å². The van der Waals surface area contributed by atoms with Gasteiger partial charge in [0.1, 0.15) is 0 Å². The first-order valence-corrected chi connectivity index (χ1v) is 9.70. The van der Waals surface area contributed by atoms with Crippen molar-refractivity contribution >= 4 is 11.9 Å². The first-order chi connectivity index (χ1) is 14.0. The summed E-state index contributed by atoms with van der Waals surface area (Å²) >= 11 is 0. The van der Waals surface area contributed by atoms with Gasteiger partial charge in [-0.25, -0.2) is 9.59 Å². The van der Waals surface area contributed by atoms with Crippen LogP contribution in [0.1, 0.15) is 58.5 Å². The zero-order chi connectivity index (χ0) is 20.8. The van der Waals surface area contributed by atoms with Crippen LogP contribution >= 0.6 is 0 Å². The second-order valence-corrected chi connectivity index (χ2v) is 7.03. The highest BCUT2D eigenvalue weighted by atomic mass is 16.6. The van der Waals surface area contributed by atoms with E-state index in [1.54, 1.807) is 54.6 Å². The molecule has 4 heteroatoms. The Morgan fingerprint density at radius 1 is 0.793 bits per heavy atom. The summed E-state index contributed by atoms with van der Waals surface area (Å²) in [4.78, 5) is 25.3. The molecule has 0 aromatic heterocycles. The number of carbonyl (C=O) groups excluding carboxylic acids is 2. The first kappa shape index (κ1) is 20.3. The zero-order valence-corrected chi connectivity index (χ0v) is 16.8. The van der Waals surface area contributed by atoms with E-state index in [0.29, 0.717) is 11.1 Å². The smallest absolute Gasteiger partial charge is 0.343 e. The number of hydrogen-bond donors (Lipinski definition) is 0. The Labute approximate surface area is 171 Å². The van der Waals surface area contributed by atoms with Crippen LogP contribution in [0.4, 0.5) is 0 Å². The van der Waals surface area contributed by atoms with Gasteiger partial charge < -0.3 is 9.47 Å². The maximum atomic E-state index is 12.7. The predicted octanol–water partition coefficient (Wildman–Crippen LogP) is 5.81. The van der Waals surface area contributed by atoms with Gasteiger partial charge in [0.25, 0.3) is 0 Å². The Morgan fingerprint density at radius 2 is 1.31 bits per heavy atom. The minimum atomic E-state index is -0.495. The molecule has 0 aliphatic carbocycles. The van der Waals surface area contributed by atoms with Gasteiger partial charge in [0.05, 0.1) is 11.1 Å². The molecule has 0 aliphatic heterocycles. The molecule has 0 radical (unpaired) electrons. The summed E-state index contributed by atoms with van der Waals surface area (Å²) in [5, 5.41) is 0. The molecular weight excluding hydrogens is 364 g/mol. The Morgan fingerprint density at radius 3 is 1.79 bits per heavy atom. The van der Waals surface area contributed by atoms with Gasteiger partial charge in [0.15, 0.2) is 11.5 Å². The topological polar surface area (TPSA) is 52.6 Å². The van der Waals surface area contributed by atoms with E-state index < -0.39 is 11.9 Å². The molecule has 0 saturated carbocycles. The second-order valence-electron chi connectivity index (χ2n) is 7.03. The van der Waals surface area contributed by atoms with Crippen LogP contribution in [0, 0.1) is 0 Å². The maximum absolute atomic E-state index is 12.7. The number of hydrogen-bond acceptors (Lipinski definition) is 4. The molecule has 0 spiro atoms. The molecule has 0 heterocycles. The highest BCUT2D eigenvalue weighted by molar-refractivity contribution is 5.93. The third kappa shape index (κ3) is 4.91. The number of ether oxygens (including phenoxy) is 2. The fraction of sp³-hybridized carbons (Fsp3) is 0.200. The van der Waals surface area contributed by atoms with Crippen LogP contribution < -0.4 is 9.47 Å². The highest BCUT2D eigenvalue weighted by Crippen LogP contribution is 2.38. The SMILES string of the molecule is CCc1cc(OC(=O)c2ccccc2)c(OC(=O)c2ccccc2)c(C(C)C)c1. The van der Waals surface area contributed by atoms with Crippen molar-refractivity contribution < 1.29 is 19.1 Å². The van der Waals surface area contributed by atoms with Crippen LogP contribution in [0.3, 0.4) is 0 Å². The molecule has 148 valence electrons. The number of benzene rings is 3. The third-order valence-corrected chi connectivity index (χ3v) is 4.59. The summed E-state index contributed by atoms with van der Waals surface area (Å²) in [5.74, 6) is -0.366. The van der Waals surface area contributed by atoms with Gasteiger partial charge in [-0.15, -0.1) is 0 Å². The van der Waals surface area contributed by atoms with Crippen molar-refractivity contribution in [3.63, 3.8) is 0 Å². The molecule has 0 unspecified atom stereocenters. The summed E-state index contributed by atoms with van der Waals surface area (Å²) < 4.78 is 11.4. The van der Waals surface area contributed by atoms with Gasteiger partial charge >= 0.3 is 11.9 Å². The lowest BCUT2D eigenvalue weighted by molar-refractivity contribution is 0.0680. The van der Waals surface area contributed by atoms with Gasteiger partial charge in [0.2, 0.25) is 0 Å². The zero-order valence-electron chi connectivity index (χ0n) is 16.8. The summed E-state index contributed by atoms with van der Waals surface area (Å²) in [7, 11) is 0. The van der Waals surface area contributed by atoms with Crippen molar-refractivity contribution in [1.29, 1.82) is 0 Å². The molecule has 0 atom stereocenters. The largest absolute Gasteiger partial charge is 0.419 e. The third-order valence-electron chi connectivity index (χ3n) is 4.59. The van der Waals surface area contributed by atoms with E-state index in [1.165, 1.54) is 0 Å². The van der Waals surface area contributed by atoms with Crippen LogP contribution in [-0.4, -0.2) is 11.9 Å². The number of rotatable bonds is 6. The average Bonchev–Trinajstić information content (AvgIpc) is 2.75. The standard InChI is InChI=1S/C25H24O4/c1-4-18-15-21(17(2)3)23(29-25(27)20-13-9-6-10-14-20)22(16-18)28-24(26)19-11-7-5-8-12-19/h5-17H,4H2,1-3H3. The van der Waals surface area contributed by atoms with Crippen LogP contribution in [0.15, 0.2) is 72.8 Å². The number of aryl methyl sites for hydroxylation is 1. The molecule has 0 aliphatic rings. The van der Waals surface area contributed by atoms with E-state index in [2.05, 4.69) is 0 Å². The molecule has 0 bridgehead atoms. The maximum Gasteiger partial charge on any atom is 0.343 e. The Kier molecular flexibility index (Phi) is 6.45. The van der Waals surface area contributed by atoms with Gasteiger partial charge in [0, 0.05) is 5.56 Å². The van der Waals surface area contributed by atoms with Crippen molar-refractivity contribution in [2.75, 3.05) is 0 Å². The van der Waals surface area contributed by atoms with E-state index in [4.69, 9.17) is 9.47 Å². The van der Waals surface area contributed by atoms with Gasteiger partial charge in [-0.3, -0.25) is 0 Å². The molecule has 29 heavy (non-hydrogen) atoms. The molecule has 0 saturated heterocycles. The van der Waals surface area contributed by atoms with Crippen LogP contribution in [-0.2, 0) is 6.42 Å². The monoisotopic (exact) mass is 388 g/mol. The Bertz CT molecular complexity index is 992. The van der Waals surface area contributed by atoms with Crippen LogP contribution in [0.5, 0.6) is 11.5 Å². The quantitative estimate of drug-likeness (QED) is 0.395. The summed E-state index contributed by atoms with van der Waals surface area (Å²) in [6.45, 7) is 6.05. The fourth-order valence-corrected chi connectivity index (χ4v) is 2.96. The summed E-state index contributed by atoms with van der Waals surface area (Å²) in [6.07, 6.45) is 0.766. The van der Waals surface area contributed by atoms with Crippen molar-refractivity contribution in [2.45, 2.75) is 33.1 Å². The van der Waals surface area contributed by atoms with Crippen molar-refractivity contribution in [3.05, 3.63) is 95.1 Å². The lowest BCUT2D eigenvalue weighted by atomic mass is 9.97. The predicted molar refractivity (Wildman–Crippen MR) is 113 cm³/mol. The second kappa shape index (κ2) is 9.20. The number of carbonyl (C=O) groups is 2. The van der Waals surface area contributed by atoms with Crippen molar-refractivity contribution in [3.8, 4) is 11.5 Å². The molecule has 3 aromatic carbocycles. The molecule has 0 N–H and O–H groups in total. The molecule has 3 rings (SSSR count). The Hall–Kier alpha value is -3.40. The first-order valence-electron chi connectivity index (χ1n) is 9.70. The van der Waals surface area contributed by atoms with E-state index in [9.17, 15) is 9.59 Å². The molecule has 4 nitrogen and oxygen atoms in total. The molecule has 3 aromatic rings. The van der Waals surface area contributed by atoms with Gasteiger partial charge in [-0.1, -0.05) is 63.2 Å². The van der Waals surface area contributed by atoms with Gasteiger partial charge in [-0.2, -0.15) is 0 Å². The minimum Gasteiger partial charge on any atom is -0.419 e. The number of esters is 2. The van der Waals surface area contributed by atoms with Gasteiger partial charge in [-0.05, 0) is 48.2 Å². The van der Waals surface area contributed by atoms with Crippen LogP contribution in [0.2, 0.25) is 0 Å². The normalized spacial score (nSPS) is 10.6. The molecular formula is C25H24O4. The van der Waals surface area contributed by atoms with E-state index in [1.807, 2.05) is 39.0 Å². The minimum absolute atomic E-state index is 0.0780. The molecule has 0 amide bonds. The summed E-state index contributed by atoms with van der Waals surface area (Å²) in [6, 6.07) is 21.3. The lowest BCUT2D eigenvalue weighted by Crippen LogP contribution is -2.14. The Balaban J connectivity index is 2.02. The van der Waals surface area contributed by atoms with E-state index >= 15 is 0 Å². The van der Waals surface area contributed by atoms with Crippen molar-refractivity contribution in [1.82, 2.24) is 0 Å². The highest BCUT2D eigenvalue weighted by Gasteiger charge is 2.22. The average molecular weight is 388 g/mol. The lowest BCUT2D eigenvalue weighted by Gasteiger charge is -2.18. The molecule has 0 fully saturated rings. The van der Waals surface area contributed by atoms with Crippen molar-refractivity contribution in [2.24, 2.45) is 0 Å². The fourth-order valence-electron chi connectivity index (χ4n) is 2.96. The van der Waals surface area contributed by atoms with E-state index in [-0.39, 0.29) is 17.4 Å². The van der Waals surface area contributed by atoms with Crippen LogP contribution in [0.25, 0.3) is 0 Å². The summed E-state index contributed by atoms with van der Waals surface area (Å²) in [5.41, 5.74) is 2.69.